The summed E-state index contributed by atoms with van der Waals surface area (Å²) in [4.78, 5) is 4.11. The van der Waals surface area contributed by atoms with E-state index in [1.165, 1.54) is 4.31 Å². The molecule has 0 saturated heterocycles. The van der Waals surface area contributed by atoms with Crippen molar-refractivity contribution in [2.24, 2.45) is 7.05 Å². The van der Waals surface area contributed by atoms with Gasteiger partial charge in [0.1, 0.15) is 5.82 Å². The number of sulfonamides is 1. The summed E-state index contributed by atoms with van der Waals surface area (Å²) in [6.45, 7) is 4.89. The average Bonchev–Trinajstić information content (AvgIpc) is 3.01. The highest BCUT2D eigenvalue weighted by Gasteiger charge is 2.25. The zero-order valence-electron chi connectivity index (χ0n) is 11.9. The number of aromatic nitrogens is 4. The van der Waals surface area contributed by atoms with E-state index in [0.29, 0.717) is 25.5 Å². The lowest BCUT2D eigenvalue weighted by molar-refractivity contribution is 0.395. The van der Waals surface area contributed by atoms with Gasteiger partial charge in [-0.15, -0.1) is 0 Å². The number of nitrogens with zero attached hydrogens (tertiary/aromatic N) is 5. The molecule has 0 radical (unpaired) electrons. The molecule has 0 aliphatic heterocycles. The molecule has 0 atom stereocenters. The van der Waals surface area contributed by atoms with Crippen molar-refractivity contribution in [3.63, 3.8) is 0 Å². The van der Waals surface area contributed by atoms with Gasteiger partial charge in [-0.2, -0.15) is 9.40 Å². The van der Waals surface area contributed by atoms with Gasteiger partial charge in [-0.1, -0.05) is 6.92 Å². The Labute approximate surface area is 118 Å². The minimum atomic E-state index is -3.55. The smallest absolute Gasteiger partial charge is 0.262 e. The molecule has 0 unspecified atom stereocenters. The van der Waals surface area contributed by atoms with Crippen LogP contribution >= 0.6 is 0 Å². The zero-order chi connectivity index (χ0) is 14.8. The second-order valence-corrected chi connectivity index (χ2v) is 6.39. The predicted octanol–water partition coefficient (Wildman–Crippen LogP) is 0.636. The SMILES string of the molecule is CCN(CCn1cccn1)S(=O)(=O)c1cn(C)c(C)n1. The van der Waals surface area contributed by atoms with Crippen LogP contribution in [0.5, 0.6) is 0 Å². The number of hydrogen-bond acceptors (Lipinski definition) is 4. The second-order valence-electron chi connectivity index (χ2n) is 4.50. The Morgan fingerprint density at radius 3 is 2.65 bits per heavy atom. The Bertz CT molecular complexity index is 641. The number of rotatable bonds is 6. The minimum Gasteiger partial charge on any atom is -0.337 e. The van der Waals surface area contributed by atoms with E-state index in [1.54, 1.807) is 35.6 Å². The maximum atomic E-state index is 12.5. The van der Waals surface area contributed by atoms with E-state index in [0.717, 1.165) is 0 Å². The average molecular weight is 297 g/mol. The molecule has 0 fully saturated rings. The molecule has 0 N–H and O–H groups in total. The van der Waals surface area contributed by atoms with Crippen molar-refractivity contribution < 1.29 is 8.42 Å². The molecule has 2 aromatic rings. The van der Waals surface area contributed by atoms with Crippen LogP contribution in [0.4, 0.5) is 0 Å². The van der Waals surface area contributed by atoms with E-state index in [4.69, 9.17) is 0 Å². The van der Waals surface area contributed by atoms with Crippen molar-refractivity contribution in [1.82, 2.24) is 23.6 Å². The topological polar surface area (TPSA) is 73.0 Å². The molecule has 0 aromatic carbocycles. The van der Waals surface area contributed by atoms with Gasteiger partial charge in [0, 0.05) is 38.7 Å². The first-order chi connectivity index (χ1) is 9.45. The van der Waals surface area contributed by atoms with Crippen molar-refractivity contribution in [2.45, 2.75) is 25.4 Å². The summed E-state index contributed by atoms with van der Waals surface area (Å²) in [5, 5.41) is 4.17. The van der Waals surface area contributed by atoms with Gasteiger partial charge in [0.2, 0.25) is 0 Å². The van der Waals surface area contributed by atoms with Crippen LogP contribution < -0.4 is 0 Å². The van der Waals surface area contributed by atoms with Crippen LogP contribution in [0.1, 0.15) is 12.7 Å². The third-order valence-corrected chi connectivity index (χ3v) is 5.03. The highest BCUT2D eigenvalue weighted by molar-refractivity contribution is 7.89. The molecular formula is C12H19N5O2S. The van der Waals surface area contributed by atoms with E-state index in [9.17, 15) is 8.42 Å². The Morgan fingerprint density at radius 1 is 1.40 bits per heavy atom. The van der Waals surface area contributed by atoms with E-state index in [1.807, 2.05) is 19.2 Å². The summed E-state index contributed by atoms with van der Waals surface area (Å²) in [5.41, 5.74) is 0. The first-order valence-corrected chi connectivity index (χ1v) is 7.86. The number of hydrogen-bond donors (Lipinski definition) is 0. The molecular weight excluding hydrogens is 278 g/mol. The van der Waals surface area contributed by atoms with Crippen LogP contribution in [0.15, 0.2) is 29.7 Å². The fourth-order valence-electron chi connectivity index (χ4n) is 1.88. The lowest BCUT2D eigenvalue weighted by atomic mass is 10.6. The lowest BCUT2D eigenvalue weighted by Crippen LogP contribution is -2.34. The summed E-state index contributed by atoms with van der Waals surface area (Å²) < 4.78 is 29.8. The number of aryl methyl sites for hydroxylation is 2. The molecule has 0 saturated carbocycles. The zero-order valence-corrected chi connectivity index (χ0v) is 12.7. The molecule has 0 aliphatic rings. The summed E-state index contributed by atoms with van der Waals surface area (Å²) in [6, 6.07) is 1.81. The first kappa shape index (κ1) is 14.7. The number of likely N-dealkylation sites (N-methyl/N-ethyl adjacent to an activating group) is 1. The molecule has 110 valence electrons. The molecule has 0 bridgehead atoms. The van der Waals surface area contributed by atoms with Crippen LogP contribution in [-0.2, 0) is 23.6 Å². The molecule has 2 rings (SSSR count). The Kier molecular flexibility index (Phi) is 4.24. The van der Waals surface area contributed by atoms with Gasteiger partial charge in [0.05, 0.1) is 6.54 Å². The normalized spacial score (nSPS) is 12.2. The van der Waals surface area contributed by atoms with Crippen molar-refractivity contribution in [3.05, 3.63) is 30.5 Å². The molecule has 0 amide bonds. The van der Waals surface area contributed by atoms with Gasteiger partial charge in [-0.05, 0) is 13.0 Å². The van der Waals surface area contributed by atoms with Gasteiger partial charge in [0.15, 0.2) is 5.03 Å². The van der Waals surface area contributed by atoms with Crippen LogP contribution in [0.3, 0.4) is 0 Å². The monoisotopic (exact) mass is 297 g/mol. The third kappa shape index (κ3) is 2.91. The molecule has 0 spiro atoms. The van der Waals surface area contributed by atoms with Crippen molar-refractivity contribution in [3.8, 4) is 0 Å². The maximum Gasteiger partial charge on any atom is 0.262 e. The molecule has 0 aliphatic carbocycles. The van der Waals surface area contributed by atoms with Crippen molar-refractivity contribution >= 4 is 10.0 Å². The van der Waals surface area contributed by atoms with E-state index >= 15 is 0 Å². The minimum absolute atomic E-state index is 0.0971. The molecule has 2 aromatic heterocycles. The predicted molar refractivity (Wildman–Crippen MR) is 74.6 cm³/mol. The summed E-state index contributed by atoms with van der Waals surface area (Å²) in [5.74, 6) is 0.673. The standard InChI is InChI=1S/C12H19N5O2S/c1-4-17(9-8-16-7-5-6-13-16)20(18,19)12-10-15(3)11(2)14-12/h5-7,10H,4,8-9H2,1-3H3. The summed E-state index contributed by atoms with van der Waals surface area (Å²) >= 11 is 0. The summed E-state index contributed by atoms with van der Waals surface area (Å²) in [7, 11) is -1.77. The fourth-order valence-corrected chi connectivity index (χ4v) is 3.34. The highest BCUT2D eigenvalue weighted by atomic mass is 32.2. The van der Waals surface area contributed by atoms with Crippen LogP contribution in [0, 0.1) is 6.92 Å². The molecule has 20 heavy (non-hydrogen) atoms. The fraction of sp³-hybridized carbons (Fsp3) is 0.500. The van der Waals surface area contributed by atoms with Gasteiger partial charge in [-0.25, -0.2) is 13.4 Å². The molecule has 8 heteroatoms. The van der Waals surface area contributed by atoms with Crippen molar-refractivity contribution in [1.29, 1.82) is 0 Å². The Morgan fingerprint density at radius 2 is 2.15 bits per heavy atom. The molecule has 2 heterocycles. The van der Waals surface area contributed by atoms with Gasteiger partial charge >= 0.3 is 0 Å². The first-order valence-electron chi connectivity index (χ1n) is 6.42. The van der Waals surface area contributed by atoms with E-state index < -0.39 is 10.0 Å². The van der Waals surface area contributed by atoms with Gasteiger partial charge in [0.25, 0.3) is 10.0 Å². The second kappa shape index (κ2) is 5.76. The Balaban J connectivity index is 2.16. The lowest BCUT2D eigenvalue weighted by Gasteiger charge is -2.18. The van der Waals surface area contributed by atoms with Gasteiger partial charge in [-0.3, -0.25) is 4.68 Å². The largest absolute Gasteiger partial charge is 0.337 e. The van der Waals surface area contributed by atoms with Crippen molar-refractivity contribution in [2.75, 3.05) is 13.1 Å². The van der Waals surface area contributed by atoms with Crippen LogP contribution in [0.2, 0.25) is 0 Å². The summed E-state index contributed by atoms with van der Waals surface area (Å²) in [6.07, 6.45) is 5.03. The third-order valence-electron chi connectivity index (χ3n) is 3.18. The Hall–Kier alpha value is -1.67. The quantitative estimate of drug-likeness (QED) is 0.784. The number of imidazole rings is 1. The van der Waals surface area contributed by atoms with E-state index in [-0.39, 0.29) is 5.03 Å². The van der Waals surface area contributed by atoms with Gasteiger partial charge < -0.3 is 4.57 Å². The van der Waals surface area contributed by atoms with E-state index in [2.05, 4.69) is 10.1 Å². The molecule has 7 nitrogen and oxygen atoms in total. The van der Waals surface area contributed by atoms with Crippen LogP contribution in [0.25, 0.3) is 0 Å². The van der Waals surface area contributed by atoms with Crippen LogP contribution in [-0.4, -0.2) is 45.1 Å². The highest BCUT2D eigenvalue weighted by Crippen LogP contribution is 2.14. The maximum absolute atomic E-state index is 12.5.